The minimum absolute atomic E-state index is 0.202. The highest BCUT2D eigenvalue weighted by Crippen LogP contribution is 2.25. The smallest absolute Gasteiger partial charge is 0.287 e. The maximum Gasteiger partial charge on any atom is 0.287 e. The molecule has 122 valence electrons. The van der Waals surface area contributed by atoms with Gasteiger partial charge in [-0.1, -0.05) is 6.07 Å². The van der Waals surface area contributed by atoms with E-state index in [4.69, 9.17) is 22.9 Å². The molecule has 11 nitrogen and oxygen atoms in total. The van der Waals surface area contributed by atoms with E-state index < -0.39 is 4.92 Å². The summed E-state index contributed by atoms with van der Waals surface area (Å²) in [5.74, 6) is -0.512. The Morgan fingerprint density at radius 1 is 0.913 bits per heavy atom. The average molecular weight is 319 g/mol. The van der Waals surface area contributed by atoms with Crippen molar-refractivity contribution in [1.29, 1.82) is 0 Å². The lowest BCUT2D eigenvalue weighted by Gasteiger charge is -2.06. The molecule has 0 aliphatic rings. The summed E-state index contributed by atoms with van der Waals surface area (Å²) in [6.07, 6.45) is 0. The fourth-order valence-corrected chi connectivity index (χ4v) is 1.70. The van der Waals surface area contributed by atoms with Crippen LogP contribution in [0.25, 0.3) is 0 Å². The van der Waals surface area contributed by atoms with Crippen LogP contribution in [0.2, 0.25) is 0 Å². The second-order valence-corrected chi connectivity index (χ2v) is 4.38. The molecule has 0 aliphatic carbocycles. The zero-order valence-electron chi connectivity index (χ0n) is 12.6. The van der Waals surface area contributed by atoms with Gasteiger partial charge in [-0.3, -0.25) is 10.1 Å². The third-order valence-electron chi connectivity index (χ3n) is 2.63. The normalized spacial score (nSPS) is 11.7. The Kier molecular flexibility index (Phi) is 5.72. The average Bonchev–Trinajstić information content (AvgIpc) is 2.49. The molecule has 8 N–H and O–H groups in total. The summed E-state index contributed by atoms with van der Waals surface area (Å²) in [4.78, 5) is 10.9. The second kappa shape index (κ2) is 7.49. The van der Waals surface area contributed by atoms with Crippen molar-refractivity contribution in [3.05, 3.63) is 39.4 Å². The van der Waals surface area contributed by atoms with Gasteiger partial charge < -0.3 is 22.9 Å². The van der Waals surface area contributed by atoms with Crippen molar-refractivity contribution >= 4 is 29.0 Å². The predicted molar refractivity (Wildman–Crippen MR) is 89.1 cm³/mol. The lowest BCUT2D eigenvalue weighted by molar-refractivity contribution is -0.385. The molecule has 0 radical (unpaired) electrons. The number of benzene rings is 1. The van der Waals surface area contributed by atoms with E-state index in [-0.39, 0.29) is 40.2 Å². The molecule has 0 atom stereocenters. The summed E-state index contributed by atoms with van der Waals surface area (Å²) in [6.45, 7) is 3.09. The first-order valence-corrected chi connectivity index (χ1v) is 6.28. The van der Waals surface area contributed by atoms with E-state index in [1.165, 1.54) is 12.1 Å². The Morgan fingerprint density at radius 2 is 1.30 bits per heavy atom. The van der Waals surface area contributed by atoms with Gasteiger partial charge in [0.25, 0.3) is 5.69 Å². The topological polar surface area (TPSA) is 197 Å². The summed E-state index contributed by atoms with van der Waals surface area (Å²) in [7, 11) is 0. The first-order chi connectivity index (χ1) is 10.7. The van der Waals surface area contributed by atoms with Crippen LogP contribution < -0.4 is 22.9 Å². The van der Waals surface area contributed by atoms with Crippen molar-refractivity contribution in [1.82, 2.24) is 0 Å². The van der Waals surface area contributed by atoms with Gasteiger partial charge in [0.2, 0.25) is 11.9 Å². The zero-order chi connectivity index (χ0) is 17.6. The molecule has 23 heavy (non-hydrogen) atoms. The van der Waals surface area contributed by atoms with Crippen LogP contribution in [0.4, 0.5) is 5.69 Å². The van der Waals surface area contributed by atoms with Gasteiger partial charge in [0.05, 0.1) is 27.5 Å². The molecule has 0 aliphatic heterocycles. The van der Waals surface area contributed by atoms with Crippen LogP contribution in [-0.4, -0.2) is 28.3 Å². The van der Waals surface area contributed by atoms with Gasteiger partial charge in [-0.15, -0.1) is 10.2 Å². The SMILES string of the molecule is C/C(=N\N=C(N)N)c1cccc(/C(C)=N/N=C(N)N)c1[N+](=O)[O-]. The number of guanidine groups is 2. The van der Waals surface area contributed by atoms with Gasteiger partial charge >= 0.3 is 0 Å². The predicted octanol–water partition coefficient (Wildman–Crippen LogP) is -0.410. The Bertz CT molecular complexity index is 674. The maximum absolute atomic E-state index is 11.5. The second-order valence-electron chi connectivity index (χ2n) is 4.38. The Morgan fingerprint density at radius 3 is 1.61 bits per heavy atom. The zero-order valence-corrected chi connectivity index (χ0v) is 12.6. The quantitative estimate of drug-likeness (QED) is 0.246. The molecule has 1 aromatic rings. The van der Waals surface area contributed by atoms with Crippen LogP contribution in [0.15, 0.2) is 38.6 Å². The molecule has 0 amide bonds. The highest BCUT2D eigenvalue weighted by atomic mass is 16.6. The molecule has 0 heterocycles. The minimum atomic E-state index is -0.548. The highest BCUT2D eigenvalue weighted by Gasteiger charge is 2.23. The number of rotatable bonds is 5. The maximum atomic E-state index is 11.5. The highest BCUT2D eigenvalue weighted by molar-refractivity contribution is 6.09. The van der Waals surface area contributed by atoms with Gasteiger partial charge in [0, 0.05) is 0 Å². The largest absolute Gasteiger partial charge is 0.369 e. The first kappa shape index (κ1) is 17.6. The molecule has 1 aromatic carbocycles. The van der Waals surface area contributed by atoms with Gasteiger partial charge in [-0.2, -0.15) is 10.2 Å². The molecule has 0 bridgehead atoms. The van der Waals surface area contributed by atoms with Crippen LogP contribution in [0.1, 0.15) is 25.0 Å². The molecule has 0 aromatic heterocycles. The van der Waals surface area contributed by atoms with Crippen molar-refractivity contribution in [2.24, 2.45) is 43.3 Å². The fourth-order valence-electron chi connectivity index (χ4n) is 1.70. The van der Waals surface area contributed by atoms with Gasteiger partial charge in [0.1, 0.15) is 0 Å². The molecular formula is C12H17N9O2. The van der Waals surface area contributed by atoms with Gasteiger partial charge in [0.15, 0.2) is 0 Å². The third kappa shape index (κ3) is 4.77. The van der Waals surface area contributed by atoms with E-state index in [0.717, 1.165) is 0 Å². The molecule has 11 heteroatoms. The molecule has 0 saturated carbocycles. The summed E-state index contributed by atoms with van der Waals surface area (Å²) >= 11 is 0. The summed E-state index contributed by atoms with van der Waals surface area (Å²) < 4.78 is 0. The van der Waals surface area contributed by atoms with E-state index in [0.29, 0.717) is 0 Å². The molecule has 0 unspecified atom stereocenters. The lowest BCUT2D eigenvalue weighted by atomic mass is 10.0. The number of nitrogens with zero attached hydrogens (tertiary/aromatic N) is 5. The number of para-hydroxylation sites is 1. The number of hydrogen-bond donors (Lipinski definition) is 4. The standard InChI is InChI=1S/C12H17N9O2/c1-6(17-19-11(13)14)8-4-3-5-9(10(8)21(22)23)7(2)18-20-12(15)16/h3-5H,1-2H3,(H4,13,14,19)(H4,15,16,20)/b17-6+,18-7+. The van der Waals surface area contributed by atoms with Crippen molar-refractivity contribution in [3.63, 3.8) is 0 Å². The minimum Gasteiger partial charge on any atom is -0.369 e. The number of nitro benzene ring substituents is 1. The number of hydrogen-bond acceptors (Lipinski definition) is 6. The van der Waals surface area contributed by atoms with Crippen LogP contribution in [0.3, 0.4) is 0 Å². The molecule has 1 rings (SSSR count). The van der Waals surface area contributed by atoms with E-state index in [2.05, 4.69) is 20.4 Å². The summed E-state index contributed by atoms with van der Waals surface area (Å²) in [5, 5.41) is 25.9. The molecular weight excluding hydrogens is 302 g/mol. The monoisotopic (exact) mass is 319 g/mol. The van der Waals surface area contributed by atoms with Crippen molar-refractivity contribution in [3.8, 4) is 0 Å². The van der Waals surface area contributed by atoms with E-state index in [1.54, 1.807) is 19.9 Å². The Balaban J connectivity index is 3.53. The first-order valence-electron chi connectivity index (χ1n) is 6.28. The molecule has 0 spiro atoms. The van der Waals surface area contributed by atoms with Crippen LogP contribution in [0.5, 0.6) is 0 Å². The molecule has 0 fully saturated rings. The summed E-state index contributed by atoms with van der Waals surface area (Å²) in [5.41, 5.74) is 21.6. The van der Waals surface area contributed by atoms with Gasteiger partial charge in [-0.25, -0.2) is 0 Å². The summed E-state index contributed by atoms with van der Waals surface area (Å²) in [6, 6.07) is 4.66. The van der Waals surface area contributed by atoms with Crippen molar-refractivity contribution < 1.29 is 4.92 Å². The molecule has 0 saturated heterocycles. The van der Waals surface area contributed by atoms with Crippen LogP contribution in [-0.2, 0) is 0 Å². The van der Waals surface area contributed by atoms with Crippen molar-refractivity contribution in [2.75, 3.05) is 0 Å². The van der Waals surface area contributed by atoms with Crippen molar-refractivity contribution in [2.45, 2.75) is 13.8 Å². The fraction of sp³-hybridized carbons (Fsp3) is 0.167. The van der Waals surface area contributed by atoms with E-state index in [9.17, 15) is 10.1 Å². The van der Waals surface area contributed by atoms with E-state index in [1.807, 2.05) is 0 Å². The Labute approximate surface area is 131 Å². The Hall–Kier alpha value is -3.50. The third-order valence-corrected chi connectivity index (χ3v) is 2.63. The van der Waals surface area contributed by atoms with Gasteiger partial charge in [-0.05, 0) is 26.0 Å². The lowest BCUT2D eigenvalue weighted by Crippen LogP contribution is -2.22. The number of nitro groups is 1. The van der Waals surface area contributed by atoms with E-state index >= 15 is 0 Å². The number of nitrogens with two attached hydrogens (primary N) is 4. The van der Waals surface area contributed by atoms with Crippen LogP contribution in [0, 0.1) is 10.1 Å². The van der Waals surface area contributed by atoms with Crippen LogP contribution >= 0.6 is 0 Å².